The lowest BCUT2D eigenvalue weighted by atomic mass is 10.0. The zero-order chi connectivity index (χ0) is 14.5. The van der Waals surface area contributed by atoms with E-state index >= 15 is 0 Å². The van der Waals surface area contributed by atoms with Crippen molar-refractivity contribution in [2.24, 2.45) is 0 Å². The van der Waals surface area contributed by atoms with Gasteiger partial charge in [0, 0.05) is 0 Å². The molecular formula is C17H34O3. The molecule has 120 valence electrons. The summed E-state index contributed by atoms with van der Waals surface area (Å²) in [6.07, 6.45) is 15.3. The summed E-state index contributed by atoms with van der Waals surface area (Å²) in [6.45, 7) is 3.67. The minimum atomic E-state index is 0.112. The van der Waals surface area contributed by atoms with Crippen LogP contribution < -0.4 is 0 Å². The maximum absolute atomic E-state index is 8.80. The van der Waals surface area contributed by atoms with E-state index in [2.05, 4.69) is 6.92 Å². The van der Waals surface area contributed by atoms with E-state index in [-0.39, 0.29) is 12.7 Å². The number of epoxide rings is 1. The zero-order valence-electron chi connectivity index (χ0n) is 13.3. The molecule has 2 unspecified atom stereocenters. The van der Waals surface area contributed by atoms with E-state index in [0.717, 1.165) is 13.0 Å². The standard InChI is InChI=1S/C17H34O3/c1-2-3-4-5-6-7-8-9-10-11-12-16(17-15-20-17)19-14-13-18/h16-18H,2-15H2,1H3. The highest BCUT2D eigenvalue weighted by Crippen LogP contribution is 2.22. The molecule has 3 heteroatoms. The van der Waals surface area contributed by atoms with Gasteiger partial charge >= 0.3 is 0 Å². The van der Waals surface area contributed by atoms with Gasteiger partial charge in [-0.2, -0.15) is 0 Å². The zero-order valence-corrected chi connectivity index (χ0v) is 13.3. The first-order chi connectivity index (χ1) is 9.88. The van der Waals surface area contributed by atoms with Crippen molar-refractivity contribution in [2.45, 2.75) is 89.8 Å². The van der Waals surface area contributed by atoms with Crippen LogP contribution in [0.15, 0.2) is 0 Å². The summed E-state index contributed by atoms with van der Waals surface area (Å²) in [7, 11) is 0. The van der Waals surface area contributed by atoms with Crippen molar-refractivity contribution >= 4 is 0 Å². The lowest BCUT2D eigenvalue weighted by Gasteiger charge is -2.14. The lowest BCUT2D eigenvalue weighted by molar-refractivity contribution is 0.00715. The fourth-order valence-electron chi connectivity index (χ4n) is 2.68. The predicted molar refractivity (Wildman–Crippen MR) is 83.0 cm³/mol. The molecule has 0 aromatic rings. The molecule has 1 rings (SSSR count). The molecule has 1 aliphatic rings. The van der Waals surface area contributed by atoms with Gasteiger partial charge in [0.2, 0.25) is 0 Å². The van der Waals surface area contributed by atoms with Crippen molar-refractivity contribution < 1.29 is 14.6 Å². The summed E-state index contributed by atoms with van der Waals surface area (Å²) >= 11 is 0. The Hall–Kier alpha value is -0.120. The van der Waals surface area contributed by atoms with Gasteiger partial charge < -0.3 is 14.6 Å². The SMILES string of the molecule is CCCCCCCCCCCCC(OCCO)C1CO1. The van der Waals surface area contributed by atoms with Crippen molar-refractivity contribution in [3.63, 3.8) is 0 Å². The molecule has 0 aromatic heterocycles. The fraction of sp³-hybridized carbons (Fsp3) is 1.00. The highest BCUT2D eigenvalue weighted by Gasteiger charge is 2.32. The third-order valence-corrected chi connectivity index (χ3v) is 4.04. The van der Waals surface area contributed by atoms with Crippen LogP contribution in [0.3, 0.4) is 0 Å². The maximum atomic E-state index is 8.80. The highest BCUT2D eigenvalue weighted by molar-refractivity contribution is 4.80. The Morgan fingerprint density at radius 1 is 1.00 bits per heavy atom. The minimum Gasteiger partial charge on any atom is -0.394 e. The highest BCUT2D eigenvalue weighted by atomic mass is 16.6. The third-order valence-electron chi connectivity index (χ3n) is 4.04. The fourth-order valence-corrected chi connectivity index (χ4v) is 2.68. The number of aliphatic hydroxyl groups is 1. The average Bonchev–Trinajstić information content (AvgIpc) is 3.28. The van der Waals surface area contributed by atoms with E-state index in [1.807, 2.05) is 0 Å². The van der Waals surface area contributed by atoms with Crippen LogP contribution in [-0.4, -0.2) is 37.1 Å². The molecule has 0 aromatic carbocycles. The van der Waals surface area contributed by atoms with Gasteiger partial charge in [0.1, 0.15) is 6.10 Å². The molecule has 3 nitrogen and oxygen atoms in total. The topological polar surface area (TPSA) is 42.0 Å². The molecule has 1 N–H and O–H groups in total. The number of hydrogen-bond donors (Lipinski definition) is 1. The average molecular weight is 286 g/mol. The second kappa shape index (κ2) is 12.6. The van der Waals surface area contributed by atoms with Crippen LogP contribution >= 0.6 is 0 Å². The Bertz CT molecular complexity index is 204. The molecule has 1 aliphatic heterocycles. The smallest absolute Gasteiger partial charge is 0.107 e. The Kier molecular flexibility index (Phi) is 11.3. The minimum absolute atomic E-state index is 0.112. The molecule has 20 heavy (non-hydrogen) atoms. The molecule has 0 saturated carbocycles. The maximum Gasteiger partial charge on any atom is 0.107 e. The molecule has 1 saturated heterocycles. The number of ether oxygens (including phenoxy) is 2. The molecule has 0 radical (unpaired) electrons. The largest absolute Gasteiger partial charge is 0.394 e. The monoisotopic (exact) mass is 286 g/mol. The third kappa shape index (κ3) is 9.73. The number of hydrogen-bond acceptors (Lipinski definition) is 3. The van der Waals surface area contributed by atoms with E-state index in [1.54, 1.807) is 0 Å². The van der Waals surface area contributed by atoms with Gasteiger partial charge in [0.15, 0.2) is 0 Å². The van der Waals surface area contributed by atoms with Crippen LogP contribution in [0.2, 0.25) is 0 Å². The van der Waals surface area contributed by atoms with Crippen LogP contribution in [0.5, 0.6) is 0 Å². The molecule has 0 amide bonds. The van der Waals surface area contributed by atoms with Crippen molar-refractivity contribution in [1.82, 2.24) is 0 Å². The van der Waals surface area contributed by atoms with Crippen LogP contribution in [0.4, 0.5) is 0 Å². The number of rotatable bonds is 15. The molecule has 0 spiro atoms. The van der Waals surface area contributed by atoms with E-state index in [9.17, 15) is 0 Å². The molecular weight excluding hydrogens is 252 g/mol. The molecule has 1 fully saturated rings. The second-order valence-electron chi connectivity index (χ2n) is 5.98. The van der Waals surface area contributed by atoms with Crippen LogP contribution in [0, 0.1) is 0 Å². The first kappa shape index (κ1) is 17.9. The van der Waals surface area contributed by atoms with E-state index < -0.39 is 0 Å². The molecule has 0 aliphatic carbocycles. The molecule has 2 atom stereocenters. The van der Waals surface area contributed by atoms with E-state index in [4.69, 9.17) is 14.6 Å². The van der Waals surface area contributed by atoms with E-state index in [1.165, 1.54) is 64.2 Å². The van der Waals surface area contributed by atoms with E-state index in [0.29, 0.717) is 12.7 Å². The van der Waals surface area contributed by atoms with Crippen LogP contribution in [-0.2, 0) is 9.47 Å². The van der Waals surface area contributed by atoms with Gasteiger partial charge in [-0.15, -0.1) is 0 Å². The van der Waals surface area contributed by atoms with Crippen molar-refractivity contribution in [3.05, 3.63) is 0 Å². The van der Waals surface area contributed by atoms with Gasteiger partial charge in [-0.05, 0) is 6.42 Å². The number of aliphatic hydroxyl groups excluding tert-OH is 1. The van der Waals surface area contributed by atoms with Crippen LogP contribution in [0.1, 0.15) is 77.6 Å². The lowest BCUT2D eigenvalue weighted by Crippen LogP contribution is -2.21. The summed E-state index contributed by atoms with van der Waals surface area (Å²) in [5, 5.41) is 8.80. The van der Waals surface area contributed by atoms with Gasteiger partial charge in [0.05, 0.1) is 25.9 Å². The Morgan fingerprint density at radius 3 is 2.05 bits per heavy atom. The Balaban J connectivity index is 1.83. The second-order valence-corrected chi connectivity index (χ2v) is 5.98. The van der Waals surface area contributed by atoms with Gasteiger partial charge in [-0.25, -0.2) is 0 Å². The van der Waals surface area contributed by atoms with Crippen molar-refractivity contribution in [1.29, 1.82) is 0 Å². The molecule has 1 heterocycles. The van der Waals surface area contributed by atoms with Crippen molar-refractivity contribution in [3.8, 4) is 0 Å². The summed E-state index contributed by atoms with van der Waals surface area (Å²) in [4.78, 5) is 0. The Morgan fingerprint density at radius 2 is 1.55 bits per heavy atom. The predicted octanol–water partition coefficient (Wildman–Crippen LogP) is 4.07. The Labute approximate surface area is 125 Å². The summed E-state index contributed by atoms with van der Waals surface area (Å²) in [5.41, 5.74) is 0. The van der Waals surface area contributed by atoms with Gasteiger partial charge in [-0.1, -0.05) is 71.1 Å². The van der Waals surface area contributed by atoms with Crippen molar-refractivity contribution in [2.75, 3.05) is 19.8 Å². The van der Waals surface area contributed by atoms with Crippen LogP contribution in [0.25, 0.3) is 0 Å². The van der Waals surface area contributed by atoms with Gasteiger partial charge in [0.25, 0.3) is 0 Å². The first-order valence-electron chi connectivity index (χ1n) is 8.72. The summed E-state index contributed by atoms with van der Waals surface area (Å²) < 4.78 is 10.9. The van der Waals surface area contributed by atoms with Gasteiger partial charge in [-0.3, -0.25) is 0 Å². The normalized spacial score (nSPS) is 19.2. The quantitative estimate of drug-likeness (QED) is 0.364. The summed E-state index contributed by atoms with van der Waals surface area (Å²) in [5.74, 6) is 0. The first-order valence-corrected chi connectivity index (χ1v) is 8.72. The number of unbranched alkanes of at least 4 members (excludes halogenated alkanes) is 9. The summed E-state index contributed by atoms with van der Waals surface area (Å²) in [6, 6.07) is 0. The molecule has 0 bridgehead atoms.